The predicted molar refractivity (Wildman–Crippen MR) is 109 cm³/mol. The summed E-state index contributed by atoms with van der Waals surface area (Å²) in [6.45, 7) is 1.10. The second kappa shape index (κ2) is 7.69. The number of thiophene rings is 1. The number of hydrogen-bond donors (Lipinski definition) is 0. The highest BCUT2D eigenvalue weighted by Gasteiger charge is 2.23. The van der Waals surface area contributed by atoms with E-state index in [-0.39, 0.29) is 0 Å². The van der Waals surface area contributed by atoms with Gasteiger partial charge in [-0.3, -0.25) is 0 Å². The first-order chi connectivity index (χ1) is 12.3. The van der Waals surface area contributed by atoms with Gasteiger partial charge in [-0.25, -0.2) is 18.4 Å². The van der Waals surface area contributed by atoms with Crippen molar-refractivity contribution in [3.8, 4) is 10.6 Å². The van der Waals surface area contributed by atoms with Gasteiger partial charge < -0.3 is 4.90 Å². The Morgan fingerprint density at radius 3 is 2.58 bits per heavy atom. The molecule has 0 saturated carbocycles. The molecule has 0 amide bonds. The maximum atomic E-state index is 12.8. The van der Waals surface area contributed by atoms with Crippen LogP contribution in [0.3, 0.4) is 0 Å². The minimum atomic E-state index is -3.51. The Morgan fingerprint density at radius 2 is 1.85 bits per heavy atom. The fourth-order valence-corrected chi connectivity index (χ4v) is 5.48. The monoisotopic (exact) mass is 454 g/mol. The number of likely N-dealkylation sites (N-methyl/N-ethyl adjacent to an activating group) is 2. The Hall–Kier alpha value is -1.39. The lowest BCUT2D eigenvalue weighted by molar-refractivity contribution is 0.359. The Kier molecular flexibility index (Phi) is 5.73. The number of nitrogens with zero attached hydrogens (tertiary/aromatic N) is 4. The summed E-state index contributed by atoms with van der Waals surface area (Å²) in [4.78, 5) is 11.4. The second-order valence-corrected chi connectivity index (χ2v) is 10.4. The van der Waals surface area contributed by atoms with Crippen LogP contribution < -0.4 is 0 Å². The van der Waals surface area contributed by atoms with Crippen molar-refractivity contribution in [3.63, 3.8) is 0 Å². The average molecular weight is 455 g/mol. The van der Waals surface area contributed by atoms with Gasteiger partial charge >= 0.3 is 0 Å². The number of sulfonamides is 1. The van der Waals surface area contributed by atoms with Crippen molar-refractivity contribution in [2.75, 3.05) is 34.2 Å². The maximum absolute atomic E-state index is 12.8. The maximum Gasteiger partial charge on any atom is 0.252 e. The van der Waals surface area contributed by atoms with Gasteiger partial charge in [0.05, 0.1) is 16.1 Å². The molecule has 0 atom stereocenters. The van der Waals surface area contributed by atoms with Crippen molar-refractivity contribution >= 4 is 48.2 Å². The number of fused-ring (bicyclic) bond motifs is 1. The molecule has 0 fully saturated rings. The fraction of sp³-hybridized carbons (Fsp3) is 0.294. The third kappa shape index (κ3) is 3.96. The highest BCUT2D eigenvalue weighted by molar-refractivity contribution is 9.10. The minimum Gasteiger partial charge on any atom is -0.308 e. The van der Waals surface area contributed by atoms with E-state index in [0.717, 1.165) is 25.9 Å². The molecule has 0 saturated heterocycles. The number of aromatic nitrogens is 2. The molecule has 0 N–H and O–H groups in total. The molecule has 138 valence electrons. The lowest BCUT2D eigenvalue weighted by Gasteiger charge is -2.18. The predicted octanol–water partition coefficient (Wildman–Crippen LogP) is 3.30. The zero-order chi connectivity index (χ0) is 18.9. The number of benzene rings is 1. The summed E-state index contributed by atoms with van der Waals surface area (Å²) < 4.78 is 28.2. The van der Waals surface area contributed by atoms with Crippen molar-refractivity contribution in [1.82, 2.24) is 19.2 Å². The van der Waals surface area contributed by atoms with Crippen molar-refractivity contribution in [3.05, 3.63) is 41.1 Å². The summed E-state index contributed by atoms with van der Waals surface area (Å²) in [6, 6.07) is 9.23. The average Bonchev–Trinajstić information content (AvgIpc) is 3.09. The Morgan fingerprint density at radius 1 is 1.08 bits per heavy atom. The summed E-state index contributed by atoms with van der Waals surface area (Å²) in [5.74, 6) is 0. The van der Waals surface area contributed by atoms with Crippen LogP contribution in [0.4, 0.5) is 0 Å². The van der Waals surface area contributed by atoms with E-state index in [2.05, 4.69) is 25.9 Å². The van der Waals surface area contributed by atoms with Crippen LogP contribution in [0, 0.1) is 0 Å². The molecule has 26 heavy (non-hydrogen) atoms. The van der Waals surface area contributed by atoms with E-state index in [9.17, 15) is 8.42 Å². The molecule has 6 nitrogen and oxygen atoms in total. The van der Waals surface area contributed by atoms with Crippen molar-refractivity contribution in [2.45, 2.75) is 4.21 Å². The fourth-order valence-electron chi connectivity index (χ4n) is 2.43. The molecule has 3 rings (SSSR count). The number of rotatable bonds is 6. The van der Waals surface area contributed by atoms with Gasteiger partial charge in [-0.1, -0.05) is 15.9 Å². The van der Waals surface area contributed by atoms with Crippen molar-refractivity contribution < 1.29 is 8.42 Å². The summed E-state index contributed by atoms with van der Waals surface area (Å²) in [5, 5.41) is 0.883. The number of halogens is 1. The molecule has 0 bridgehead atoms. The highest BCUT2D eigenvalue weighted by atomic mass is 79.9. The topological polar surface area (TPSA) is 66.4 Å². The molecule has 0 unspecified atom stereocenters. The van der Waals surface area contributed by atoms with Gasteiger partial charge in [0.25, 0.3) is 10.0 Å². The van der Waals surface area contributed by atoms with E-state index in [1.54, 1.807) is 19.2 Å². The Labute approximate surface area is 165 Å². The molecule has 0 spiro atoms. The minimum absolute atomic E-state index is 0.315. The summed E-state index contributed by atoms with van der Waals surface area (Å²) in [6.07, 6.45) is 1.50. The summed E-state index contributed by atoms with van der Waals surface area (Å²) in [7, 11) is 1.93. The zero-order valence-electron chi connectivity index (χ0n) is 14.7. The van der Waals surface area contributed by atoms with Gasteiger partial charge in [0, 0.05) is 30.0 Å². The molecule has 0 radical (unpaired) electrons. The van der Waals surface area contributed by atoms with Crippen molar-refractivity contribution in [1.29, 1.82) is 0 Å². The van der Waals surface area contributed by atoms with Crippen LogP contribution in [0.25, 0.3) is 21.5 Å². The third-order valence-electron chi connectivity index (χ3n) is 3.94. The van der Waals surface area contributed by atoms with Crippen LogP contribution in [-0.4, -0.2) is 61.8 Å². The molecule has 1 aromatic carbocycles. The van der Waals surface area contributed by atoms with Crippen LogP contribution in [0.5, 0.6) is 0 Å². The van der Waals surface area contributed by atoms with Gasteiger partial charge in [-0.05, 0) is 44.4 Å². The highest BCUT2D eigenvalue weighted by Crippen LogP contribution is 2.34. The molecule has 2 aromatic heterocycles. The van der Waals surface area contributed by atoms with E-state index in [0.29, 0.717) is 17.3 Å². The molecule has 0 aliphatic heterocycles. The molecular weight excluding hydrogens is 436 g/mol. The van der Waals surface area contributed by atoms with Gasteiger partial charge in [-0.2, -0.15) is 4.31 Å². The SMILES string of the molecule is CN(C)CCN(C)S(=O)(=O)c1ccc(-c2ncnc3ccc(Br)cc23)s1. The largest absolute Gasteiger partial charge is 0.308 e. The van der Waals surface area contributed by atoms with Crippen LogP contribution in [0.15, 0.2) is 45.3 Å². The molecular formula is C17H19BrN4O2S2. The molecule has 9 heteroatoms. The standard InChI is InChI=1S/C17H19BrN4O2S2/c1-21(2)8-9-22(3)26(23,24)16-7-6-15(25-16)17-13-10-12(18)4-5-14(13)19-11-20-17/h4-7,10-11H,8-9H2,1-3H3. The zero-order valence-corrected chi connectivity index (χ0v) is 17.9. The number of hydrogen-bond acceptors (Lipinski definition) is 6. The summed E-state index contributed by atoms with van der Waals surface area (Å²) in [5.41, 5.74) is 1.55. The van der Waals surface area contributed by atoms with Gasteiger partial charge in [0.2, 0.25) is 0 Å². The Balaban J connectivity index is 1.97. The van der Waals surface area contributed by atoms with E-state index in [4.69, 9.17) is 0 Å². The van der Waals surface area contributed by atoms with Gasteiger partial charge in [-0.15, -0.1) is 11.3 Å². The van der Waals surface area contributed by atoms with Crippen LogP contribution in [-0.2, 0) is 10.0 Å². The first-order valence-electron chi connectivity index (χ1n) is 7.90. The smallest absolute Gasteiger partial charge is 0.252 e. The quantitative estimate of drug-likeness (QED) is 0.571. The van der Waals surface area contributed by atoms with Crippen LogP contribution in [0.2, 0.25) is 0 Å². The van der Waals surface area contributed by atoms with Gasteiger partial charge in [0.15, 0.2) is 0 Å². The summed E-state index contributed by atoms with van der Waals surface area (Å²) >= 11 is 4.69. The molecule has 2 heterocycles. The first kappa shape index (κ1) is 19.4. The van der Waals surface area contributed by atoms with Crippen molar-refractivity contribution in [2.24, 2.45) is 0 Å². The van der Waals surface area contributed by atoms with E-state index >= 15 is 0 Å². The van der Waals surface area contributed by atoms with Gasteiger partial charge in [0.1, 0.15) is 10.5 Å². The third-order valence-corrected chi connectivity index (χ3v) is 7.85. The van der Waals surface area contributed by atoms with Crippen LogP contribution >= 0.6 is 27.3 Å². The van der Waals surface area contributed by atoms with E-state index < -0.39 is 10.0 Å². The second-order valence-electron chi connectivity index (χ2n) is 6.13. The normalized spacial score (nSPS) is 12.4. The Bertz CT molecular complexity index is 1030. The molecule has 0 aliphatic carbocycles. The van der Waals surface area contributed by atoms with Crippen LogP contribution in [0.1, 0.15) is 0 Å². The first-order valence-corrected chi connectivity index (χ1v) is 11.0. The lowest BCUT2D eigenvalue weighted by atomic mass is 10.1. The molecule has 3 aromatic rings. The lowest BCUT2D eigenvalue weighted by Crippen LogP contribution is -2.33. The van der Waals surface area contributed by atoms with E-state index in [1.807, 2.05) is 37.2 Å². The molecule has 0 aliphatic rings. The van der Waals surface area contributed by atoms with E-state index in [1.165, 1.54) is 22.0 Å².